The van der Waals surface area contributed by atoms with Crippen LogP contribution in [-0.4, -0.2) is 17.5 Å². The molecule has 2 aromatic carbocycles. The maximum Gasteiger partial charge on any atom is 0.322 e. The molecule has 1 saturated heterocycles. The van der Waals surface area contributed by atoms with Gasteiger partial charge in [0, 0.05) is 12.2 Å². The second kappa shape index (κ2) is 7.73. The highest BCUT2D eigenvalue weighted by Crippen LogP contribution is 2.31. The second-order valence-corrected chi connectivity index (χ2v) is 7.15. The van der Waals surface area contributed by atoms with Crippen molar-refractivity contribution in [2.45, 2.75) is 52.5 Å². The van der Waals surface area contributed by atoms with Crippen LogP contribution in [0.15, 0.2) is 42.5 Å². The molecule has 0 saturated carbocycles. The van der Waals surface area contributed by atoms with Crippen LogP contribution in [0.5, 0.6) is 0 Å². The molecule has 3 nitrogen and oxygen atoms in total. The number of hydrogen-bond acceptors (Lipinski definition) is 1. The SMILES string of the molecule is Cc1ccc(C2CCCCCN2C(=O)Nc2cccc(C)c2C)cc1. The first-order valence-electron chi connectivity index (χ1n) is 9.26. The highest BCUT2D eigenvalue weighted by Gasteiger charge is 2.27. The van der Waals surface area contributed by atoms with Crippen molar-refractivity contribution < 1.29 is 4.79 Å². The summed E-state index contributed by atoms with van der Waals surface area (Å²) in [6.07, 6.45) is 4.47. The third kappa shape index (κ3) is 4.04. The van der Waals surface area contributed by atoms with Gasteiger partial charge in [0.05, 0.1) is 6.04 Å². The van der Waals surface area contributed by atoms with E-state index >= 15 is 0 Å². The number of carbonyl (C=O) groups is 1. The topological polar surface area (TPSA) is 32.3 Å². The average Bonchev–Trinajstić information content (AvgIpc) is 2.86. The molecule has 2 aromatic rings. The Morgan fingerprint density at radius 2 is 1.76 bits per heavy atom. The van der Waals surface area contributed by atoms with E-state index in [-0.39, 0.29) is 12.1 Å². The van der Waals surface area contributed by atoms with Crippen LogP contribution >= 0.6 is 0 Å². The molecule has 2 amide bonds. The molecule has 132 valence electrons. The highest BCUT2D eigenvalue weighted by molar-refractivity contribution is 5.90. The van der Waals surface area contributed by atoms with E-state index < -0.39 is 0 Å². The van der Waals surface area contributed by atoms with Gasteiger partial charge in [-0.05, 0) is 56.4 Å². The Hall–Kier alpha value is -2.29. The molecule has 0 aromatic heterocycles. The van der Waals surface area contributed by atoms with Gasteiger partial charge in [0.15, 0.2) is 0 Å². The van der Waals surface area contributed by atoms with Crippen LogP contribution in [0.3, 0.4) is 0 Å². The van der Waals surface area contributed by atoms with E-state index in [1.165, 1.54) is 29.5 Å². The largest absolute Gasteiger partial charge is 0.322 e. The predicted molar refractivity (Wildman–Crippen MR) is 104 cm³/mol. The highest BCUT2D eigenvalue weighted by atomic mass is 16.2. The van der Waals surface area contributed by atoms with Crippen molar-refractivity contribution in [1.29, 1.82) is 0 Å². The van der Waals surface area contributed by atoms with Gasteiger partial charge >= 0.3 is 6.03 Å². The smallest absolute Gasteiger partial charge is 0.317 e. The number of carbonyl (C=O) groups excluding carboxylic acids is 1. The minimum absolute atomic E-state index is 0.0150. The van der Waals surface area contributed by atoms with Crippen LogP contribution in [-0.2, 0) is 0 Å². The molecule has 1 heterocycles. The minimum Gasteiger partial charge on any atom is -0.317 e. The first-order chi connectivity index (χ1) is 12.1. The van der Waals surface area contributed by atoms with Crippen LogP contribution in [0.4, 0.5) is 10.5 Å². The van der Waals surface area contributed by atoms with E-state index in [2.05, 4.69) is 56.4 Å². The van der Waals surface area contributed by atoms with Crippen molar-refractivity contribution in [1.82, 2.24) is 4.90 Å². The van der Waals surface area contributed by atoms with Crippen LogP contribution in [0.25, 0.3) is 0 Å². The lowest BCUT2D eigenvalue weighted by Gasteiger charge is -2.31. The maximum absolute atomic E-state index is 13.0. The Balaban J connectivity index is 1.84. The normalized spacial score (nSPS) is 17.9. The second-order valence-electron chi connectivity index (χ2n) is 7.15. The lowest BCUT2D eigenvalue weighted by atomic mass is 10.00. The Bertz CT molecular complexity index is 736. The zero-order valence-electron chi connectivity index (χ0n) is 15.5. The van der Waals surface area contributed by atoms with E-state index in [0.29, 0.717) is 0 Å². The number of likely N-dealkylation sites (tertiary alicyclic amines) is 1. The van der Waals surface area contributed by atoms with Gasteiger partial charge in [-0.2, -0.15) is 0 Å². The molecule has 1 aliphatic heterocycles. The fourth-order valence-corrected chi connectivity index (χ4v) is 3.56. The van der Waals surface area contributed by atoms with Gasteiger partial charge in [0.25, 0.3) is 0 Å². The van der Waals surface area contributed by atoms with E-state index in [0.717, 1.165) is 30.6 Å². The first kappa shape index (κ1) is 17.5. The Morgan fingerprint density at radius 1 is 1.00 bits per heavy atom. The molecule has 1 N–H and O–H groups in total. The van der Waals surface area contributed by atoms with Crippen molar-refractivity contribution in [3.63, 3.8) is 0 Å². The summed E-state index contributed by atoms with van der Waals surface area (Å²) in [5, 5.41) is 3.15. The van der Waals surface area contributed by atoms with Crippen molar-refractivity contribution in [2.24, 2.45) is 0 Å². The molecule has 1 unspecified atom stereocenters. The molecule has 3 rings (SSSR count). The minimum atomic E-state index is 0.0150. The quantitative estimate of drug-likeness (QED) is 0.743. The molecular weight excluding hydrogens is 308 g/mol. The fraction of sp³-hybridized carbons (Fsp3) is 0.409. The van der Waals surface area contributed by atoms with Crippen molar-refractivity contribution >= 4 is 11.7 Å². The van der Waals surface area contributed by atoms with Gasteiger partial charge in [-0.3, -0.25) is 0 Å². The van der Waals surface area contributed by atoms with Crippen LogP contribution in [0.2, 0.25) is 0 Å². The molecule has 0 aliphatic carbocycles. The van der Waals surface area contributed by atoms with Crippen LogP contribution in [0.1, 0.15) is 54.0 Å². The van der Waals surface area contributed by atoms with Crippen LogP contribution in [0, 0.1) is 20.8 Å². The summed E-state index contributed by atoms with van der Waals surface area (Å²) >= 11 is 0. The van der Waals surface area contributed by atoms with Crippen LogP contribution < -0.4 is 5.32 Å². The van der Waals surface area contributed by atoms with Gasteiger partial charge in [-0.1, -0.05) is 54.8 Å². The van der Waals surface area contributed by atoms with Crippen molar-refractivity contribution in [3.05, 3.63) is 64.7 Å². The van der Waals surface area contributed by atoms with E-state index in [4.69, 9.17) is 0 Å². The number of aryl methyl sites for hydroxylation is 2. The standard InChI is InChI=1S/C22H28N2O/c1-16-11-13-19(14-12-16)21-10-5-4-6-15-24(21)22(25)23-20-9-7-8-17(2)18(20)3/h7-9,11-14,21H,4-6,10,15H2,1-3H3,(H,23,25). The first-order valence-corrected chi connectivity index (χ1v) is 9.26. The summed E-state index contributed by atoms with van der Waals surface area (Å²) in [6.45, 7) is 7.05. The molecule has 1 aliphatic rings. The third-order valence-electron chi connectivity index (χ3n) is 5.32. The van der Waals surface area contributed by atoms with E-state index in [1.54, 1.807) is 0 Å². The maximum atomic E-state index is 13.0. The number of benzene rings is 2. The number of nitrogens with one attached hydrogen (secondary N) is 1. The fourth-order valence-electron chi connectivity index (χ4n) is 3.56. The summed E-state index contributed by atoms with van der Waals surface area (Å²) in [4.78, 5) is 15.1. The number of amides is 2. The number of anilines is 1. The number of hydrogen-bond donors (Lipinski definition) is 1. The molecule has 1 atom stereocenters. The van der Waals surface area contributed by atoms with Gasteiger partial charge in [0.2, 0.25) is 0 Å². The number of rotatable bonds is 2. The van der Waals surface area contributed by atoms with Gasteiger partial charge in [-0.15, -0.1) is 0 Å². The summed E-state index contributed by atoms with van der Waals surface area (Å²) in [7, 11) is 0. The molecule has 0 spiro atoms. The van der Waals surface area contributed by atoms with Crippen molar-refractivity contribution in [3.8, 4) is 0 Å². The molecule has 0 radical (unpaired) electrons. The van der Waals surface area contributed by atoms with Gasteiger partial charge in [0.1, 0.15) is 0 Å². The zero-order valence-corrected chi connectivity index (χ0v) is 15.5. The summed E-state index contributed by atoms with van der Waals surface area (Å²) < 4.78 is 0. The predicted octanol–water partition coefficient (Wildman–Crippen LogP) is 5.76. The molecule has 25 heavy (non-hydrogen) atoms. The van der Waals surface area contributed by atoms with E-state index in [9.17, 15) is 4.79 Å². The van der Waals surface area contributed by atoms with Crippen molar-refractivity contribution in [2.75, 3.05) is 11.9 Å². The summed E-state index contributed by atoms with van der Waals surface area (Å²) in [6, 6.07) is 14.9. The van der Waals surface area contributed by atoms with Gasteiger partial charge in [-0.25, -0.2) is 4.79 Å². The number of urea groups is 1. The average molecular weight is 336 g/mol. The third-order valence-corrected chi connectivity index (χ3v) is 5.32. The zero-order chi connectivity index (χ0) is 17.8. The molecule has 0 bridgehead atoms. The summed E-state index contributed by atoms with van der Waals surface area (Å²) in [5.74, 6) is 0. The monoisotopic (exact) mass is 336 g/mol. The molecule has 1 fully saturated rings. The molecular formula is C22H28N2O. The lowest BCUT2D eigenvalue weighted by Crippen LogP contribution is -2.38. The summed E-state index contributed by atoms with van der Waals surface area (Å²) in [5.41, 5.74) is 5.74. The van der Waals surface area contributed by atoms with E-state index in [1.807, 2.05) is 17.0 Å². The Kier molecular flexibility index (Phi) is 5.42. The Morgan fingerprint density at radius 3 is 2.52 bits per heavy atom. The molecule has 3 heteroatoms. The van der Waals surface area contributed by atoms with Gasteiger partial charge < -0.3 is 10.2 Å². The number of nitrogens with zero attached hydrogens (tertiary/aromatic N) is 1. The lowest BCUT2D eigenvalue weighted by molar-refractivity contribution is 0.189. The Labute approximate surface area is 151 Å².